The van der Waals surface area contributed by atoms with E-state index < -0.39 is 12.1 Å². The maximum absolute atomic E-state index is 11.6. The molecule has 1 aromatic carbocycles. The molecule has 0 aromatic heterocycles. The molecular weight excluding hydrogens is 329 g/mol. The van der Waals surface area contributed by atoms with Gasteiger partial charge in [-0.3, -0.25) is 0 Å². The van der Waals surface area contributed by atoms with Gasteiger partial charge in [-0.1, -0.05) is 30.3 Å². The predicted octanol–water partition coefficient (Wildman–Crippen LogP) is 2.05. The van der Waals surface area contributed by atoms with Crippen LogP contribution in [0.5, 0.6) is 0 Å². The first-order valence-corrected chi connectivity index (χ1v) is 7.23. The normalized spacial score (nSPS) is 24.2. The third-order valence-corrected chi connectivity index (χ3v) is 3.83. The maximum atomic E-state index is 11.6. The smallest absolute Gasteiger partial charge is 0.475 e. The SMILES string of the molecule is O=C(NC12CNC(C1)C2)OCc1ccccc1.O=C(O)C(F)(F)F. The van der Waals surface area contributed by atoms with Gasteiger partial charge in [0.05, 0.1) is 5.54 Å². The second kappa shape index (κ2) is 7.08. The minimum Gasteiger partial charge on any atom is -0.475 e. The largest absolute Gasteiger partial charge is 0.490 e. The zero-order chi connectivity index (χ0) is 17.8. The number of aliphatic carboxylic acids is 1. The number of nitrogens with one attached hydrogen (secondary N) is 2. The van der Waals surface area contributed by atoms with Crippen LogP contribution in [0.25, 0.3) is 0 Å². The van der Waals surface area contributed by atoms with Crippen molar-refractivity contribution in [1.82, 2.24) is 10.6 Å². The van der Waals surface area contributed by atoms with Gasteiger partial charge in [0, 0.05) is 12.6 Å². The summed E-state index contributed by atoms with van der Waals surface area (Å²) in [6.07, 6.45) is -3.32. The van der Waals surface area contributed by atoms with Crippen LogP contribution in [0.1, 0.15) is 18.4 Å². The first-order chi connectivity index (χ1) is 11.2. The van der Waals surface area contributed by atoms with Gasteiger partial charge >= 0.3 is 18.2 Å². The van der Waals surface area contributed by atoms with Gasteiger partial charge in [-0.25, -0.2) is 9.59 Å². The second-order valence-corrected chi connectivity index (χ2v) is 5.76. The summed E-state index contributed by atoms with van der Waals surface area (Å²) in [4.78, 5) is 20.5. The summed E-state index contributed by atoms with van der Waals surface area (Å²) < 4.78 is 36.9. The minimum atomic E-state index is -5.08. The lowest BCUT2D eigenvalue weighted by Crippen LogP contribution is -2.55. The van der Waals surface area contributed by atoms with Gasteiger partial charge in [-0.05, 0) is 18.4 Å². The molecule has 6 nitrogen and oxygen atoms in total. The van der Waals surface area contributed by atoms with Crippen LogP contribution < -0.4 is 10.6 Å². The van der Waals surface area contributed by atoms with Gasteiger partial charge in [0.2, 0.25) is 0 Å². The van der Waals surface area contributed by atoms with Crippen LogP contribution in [0.2, 0.25) is 0 Å². The fourth-order valence-electron chi connectivity index (χ4n) is 2.63. The molecule has 24 heavy (non-hydrogen) atoms. The molecule has 132 valence electrons. The molecule has 2 bridgehead atoms. The number of carbonyl (C=O) groups is 2. The number of benzene rings is 1. The molecule has 2 aliphatic heterocycles. The summed E-state index contributed by atoms with van der Waals surface area (Å²) in [5.41, 5.74) is 0.981. The fourth-order valence-corrected chi connectivity index (χ4v) is 2.63. The Morgan fingerprint density at radius 3 is 2.33 bits per heavy atom. The van der Waals surface area contributed by atoms with Crippen molar-refractivity contribution < 1.29 is 32.6 Å². The molecule has 0 spiro atoms. The molecule has 9 heteroatoms. The van der Waals surface area contributed by atoms with Gasteiger partial charge in [0.15, 0.2) is 0 Å². The summed E-state index contributed by atoms with van der Waals surface area (Å²) in [5.74, 6) is -2.76. The standard InChI is InChI=1S/C13H16N2O2.C2HF3O2/c16-12(15-13-6-11(7-13)14-9-13)17-8-10-4-2-1-3-5-10;3-2(4,5)1(6)7/h1-5,11,14H,6-9H2,(H,15,16);(H,6,7). The lowest BCUT2D eigenvalue weighted by Gasteiger charge is -2.37. The Bertz CT molecular complexity index is 581. The summed E-state index contributed by atoms with van der Waals surface area (Å²) in [7, 11) is 0. The van der Waals surface area contributed by atoms with Crippen molar-refractivity contribution in [3.05, 3.63) is 35.9 Å². The Morgan fingerprint density at radius 1 is 1.29 bits per heavy atom. The number of carbonyl (C=O) groups excluding carboxylic acids is 1. The lowest BCUT2D eigenvalue weighted by molar-refractivity contribution is -0.192. The van der Waals surface area contributed by atoms with Gasteiger partial charge in [-0.2, -0.15) is 13.2 Å². The number of hydrogen-bond acceptors (Lipinski definition) is 4. The molecule has 1 aromatic rings. The number of hydrogen-bond donors (Lipinski definition) is 3. The quantitative estimate of drug-likeness (QED) is 0.780. The Balaban J connectivity index is 0.000000256. The van der Waals surface area contributed by atoms with Crippen molar-refractivity contribution in [2.45, 2.75) is 37.2 Å². The molecular formula is C15H17F3N2O4. The molecule has 3 N–H and O–H groups in total. The number of halogens is 3. The van der Waals surface area contributed by atoms with Crippen molar-refractivity contribution in [3.8, 4) is 0 Å². The highest BCUT2D eigenvalue weighted by Crippen LogP contribution is 2.37. The molecule has 3 fully saturated rings. The van der Waals surface area contributed by atoms with Crippen molar-refractivity contribution in [1.29, 1.82) is 0 Å². The van der Waals surface area contributed by atoms with Gasteiger partial charge in [0.25, 0.3) is 0 Å². The van der Waals surface area contributed by atoms with Crippen LogP contribution in [-0.4, -0.2) is 41.5 Å². The Morgan fingerprint density at radius 2 is 1.88 bits per heavy atom. The van der Waals surface area contributed by atoms with Gasteiger partial charge in [-0.15, -0.1) is 0 Å². The molecule has 0 radical (unpaired) electrons. The Labute approximate surface area is 136 Å². The first kappa shape index (κ1) is 18.1. The molecule has 2 saturated heterocycles. The molecule has 0 unspecified atom stereocenters. The number of amides is 1. The van der Waals surface area contributed by atoms with E-state index in [0.717, 1.165) is 24.9 Å². The average Bonchev–Trinajstić information content (AvgIpc) is 3.06. The number of rotatable bonds is 3. The molecule has 1 amide bonds. The van der Waals surface area contributed by atoms with Gasteiger partial charge < -0.3 is 20.5 Å². The third kappa shape index (κ3) is 4.85. The maximum Gasteiger partial charge on any atom is 0.490 e. The zero-order valence-corrected chi connectivity index (χ0v) is 12.6. The van der Waals surface area contributed by atoms with E-state index in [4.69, 9.17) is 14.6 Å². The molecule has 2 heterocycles. The van der Waals surface area contributed by atoms with Crippen LogP contribution in [0.4, 0.5) is 18.0 Å². The third-order valence-electron chi connectivity index (χ3n) is 3.83. The van der Waals surface area contributed by atoms with E-state index in [0.29, 0.717) is 12.6 Å². The van der Waals surface area contributed by atoms with E-state index in [1.54, 1.807) is 0 Å². The molecule has 0 atom stereocenters. The number of carboxylic acids is 1. The summed E-state index contributed by atoms with van der Waals surface area (Å²) in [6.45, 7) is 1.21. The topological polar surface area (TPSA) is 87.7 Å². The highest BCUT2D eigenvalue weighted by molar-refractivity contribution is 5.73. The van der Waals surface area contributed by atoms with Crippen LogP contribution >= 0.6 is 0 Å². The summed E-state index contributed by atoms with van der Waals surface area (Å²) >= 11 is 0. The number of alkyl carbamates (subject to hydrolysis) is 1. The van der Waals surface area contributed by atoms with Crippen LogP contribution in [-0.2, 0) is 16.1 Å². The van der Waals surface area contributed by atoms with Gasteiger partial charge in [0.1, 0.15) is 6.61 Å². The zero-order valence-electron chi connectivity index (χ0n) is 12.6. The van der Waals surface area contributed by atoms with Crippen LogP contribution in [0.3, 0.4) is 0 Å². The second-order valence-electron chi connectivity index (χ2n) is 5.76. The van der Waals surface area contributed by atoms with E-state index in [1.807, 2.05) is 30.3 Å². The highest BCUT2D eigenvalue weighted by Gasteiger charge is 2.51. The molecule has 1 aliphatic carbocycles. The summed E-state index contributed by atoms with van der Waals surface area (Å²) in [6, 6.07) is 10.3. The molecule has 3 aliphatic rings. The van der Waals surface area contributed by atoms with Crippen LogP contribution in [0.15, 0.2) is 30.3 Å². The highest BCUT2D eigenvalue weighted by atomic mass is 19.4. The van der Waals surface area contributed by atoms with Crippen molar-refractivity contribution in [2.75, 3.05) is 6.54 Å². The number of carboxylic acid groups (broad SMARTS) is 1. The van der Waals surface area contributed by atoms with E-state index >= 15 is 0 Å². The molecule has 4 rings (SSSR count). The molecule has 1 saturated carbocycles. The Hall–Kier alpha value is -2.29. The predicted molar refractivity (Wildman–Crippen MR) is 77.2 cm³/mol. The lowest BCUT2D eigenvalue weighted by atomic mass is 9.78. The monoisotopic (exact) mass is 346 g/mol. The van der Waals surface area contributed by atoms with Crippen molar-refractivity contribution in [2.24, 2.45) is 0 Å². The van der Waals surface area contributed by atoms with E-state index in [2.05, 4.69) is 10.6 Å². The minimum absolute atomic E-state index is 0.0293. The summed E-state index contributed by atoms with van der Waals surface area (Å²) in [5, 5.41) is 13.4. The number of alkyl halides is 3. The Kier molecular flexibility index (Phi) is 5.33. The van der Waals surface area contributed by atoms with E-state index in [-0.39, 0.29) is 11.6 Å². The van der Waals surface area contributed by atoms with Crippen molar-refractivity contribution in [3.63, 3.8) is 0 Å². The van der Waals surface area contributed by atoms with E-state index in [9.17, 15) is 18.0 Å². The first-order valence-electron chi connectivity index (χ1n) is 7.23. The fraction of sp³-hybridized carbons (Fsp3) is 0.467. The number of ether oxygens (including phenoxy) is 1. The van der Waals surface area contributed by atoms with E-state index in [1.165, 1.54) is 0 Å². The number of fused-ring (bicyclic) bond motifs is 1. The van der Waals surface area contributed by atoms with Crippen molar-refractivity contribution >= 4 is 12.1 Å². The average molecular weight is 346 g/mol. The van der Waals surface area contributed by atoms with Crippen LogP contribution in [0, 0.1) is 0 Å².